The second-order valence-corrected chi connectivity index (χ2v) is 3.84. The molecular formula is C11H20N4O2. The first-order valence-electron chi connectivity index (χ1n) is 5.59. The fourth-order valence-electron chi connectivity index (χ4n) is 1.65. The van der Waals surface area contributed by atoms with Gasteiger partial charge in [0, 0.05) is 19.6 Å². The van der Waals surface area contributed by atoms with Crippen LogP contribution in [0.25, 0.3) is 0 Å². The molecule has 0 atom stereocenters. The van der Waals surface area contributed by atoms with E-state index in [4.69, 9.17) is 9.84 Å². The topological polar surface area (TPSA) is 70.5 Å². The number of hydrogen-bond acceptors (Lipinski definition) is 6. The first-order valence-corrected chi connectivity index (χ1v) is 5.59. The number of aliphatic hydroxyl groups excluding tert-OH is 1. The van der Waals surface area contributed by atoms with Crippen molar-refractivity contribution in [2.75, 3.05) is 37.5 Å². The minimum absolute atomic E-state index is 0.0697. The van der Waals surface area contributed by atoms with Gasteiger partial charge in [-0.25, -0.2) is 9.97 Å². The number of hydrogen-bond donors (Lipinski definition) is 2. The molecule has 0 unspecified atom stereocenters. The van der Waals surface area contributed by atoms with Crippen molar-refractivity contribution in [1.29, 1.82) is 0 Å². The lowest BCUT2D eigenvalue weighted by Crippen LogP contribution is -2.34. The van der Waals surface area contributed by atoms with Crippen LogP contribution in [-0.4, -0.2) is 48.4 Å². The Kier molecular flexibility index (Phi) is 4.96. The predicted molar refractivity (Wildman–Crippen MR) is 67.7 cm³/mol. The van der Waals surface area contributed by atoms with Gasteiger partial charge in [0.2, 0.25) is 5.75 Å². The molecule has 0 aliphatic heterocycles. The number of nitrogens with one attached hydrogen (secondary N) is 1. The van der Waals surface area contributed by atoms with Gasteiger partial charge in [-0.3, -0.25) is 0 Å². The third kappa shape index (κ3) is 2.97. The first kappa shape index (κ1) is 13.5. The first-order chi connectivity index (χ1) is 8.15. The van der Waals surface area contributed by atoms with Crippen LogP contribution in [0.5, 0.6) is 5.75 Å². The van der Waals surface area contributed by atoms with Crippen molar-refractivity contribution < 1.29 is 9.84 Å². The Hall–Kier alpha value is -1.56. The molecule has 1 heterocycles. The predicted octanol–water partition coefficient (Wildman–Crippen LogP) is 0.734. The standard InChI is InChI=1S/C11H20N4O2/c1-8(2)15(5-6-16)11-9(17-4)10(12-3)13-7-14-11/h7-8,16H,5-6H2,1-4H3,(H,12,13,14). The Bertz CT molecular complexity index is 357. The van der Waals surface area contributed by atoms with E-state index in [1.165, 1.54) is 6.33 Å². The molecular weight excluding hydrogens is 220 g/mol. The molecule has 6 heteroatoms. The summed E-state index contributed by atoms with van der Waals surface area (Å²) in [7, 11) is 3.36. The minimum Gasteiger partial charge on any atom is -0.490 e. The Labute approximate surface area is 102 Å². The van der Waals surface area contributed by atoms with Crippen LogP contribution in [0.2, 0.25) is 0 Å². The molecule has 0 saturated heterocycles. The van der Waals surface area contributed by atoms with Crippen LogP contribution in [0.4, 0.5) is 11.6 Å². The monoisotopic (exact) mass is 240 g/mol. The minimum atomic E-state index is 0.0697. The highest BCUT2D eigenvalue weighted by molar-refractivity contribution is 5.64. The summed E-state index contributed by atoms with van der Waals surface area (Å²) in [5.41, 5.74) is 0. The van der Waals surface area contributed by atoms with E-state index < -0.39 is 0 Å². The van der Waals surface area contributed by atoms with Crippen molar-refractivity contribution in [3.8, 4) is 5.75 Å². The van der Waals surface area contributed by atoms with E-state index in [0.29, 0.717) is 23.9 Å². The molecule has 0 radical (unpaired) electrons. The Morgan fingerprint density at radius 2 is 2.18 bits per heavy atom. The van der Waals surface area contributed by atoms with Crippen LogP contribution < -0.4 is 15.0 Å². The third-order valence-corrected chi connectivity index (χ3v) is 2.46. The summed E-state index contributed by atoms with van der Waals surface area (Å²) in [5.74, 6) is 1.93. The van der Waals surface area contributed by atoms with Gasteiger partial charge in [-0.1, -0.05) is 0 Å². The van der Waals surface area contributed by atoms with Gasteiger partial charge in [0.15, 0.2) is 11.6 Å². The highest BCUT2D eigenvalue weighted by Crippen LogP contribution is 2.32. The smallest absolute Gasteiger partial charge is 0.204 e. The molecule has 0 aliphatic rings. The molecule has 0 fully saturated rings. The van der Waals surface area contributed by atoms with E-state index in [2.05, 4.69) is 15.3 Å². The summed E-state index contributed by atoms with van der Waals surface area (Å²) in [6.45, 7) is 4.65. The maximum absolute atomic E-state index is 9.10. The van der Waals surface area contributed by atoms with Gasteiger partial charge >= 0.3 is 0 Å². The van der Waals surface area contributed by atoms with Crippen LogP contribution in [-0.2, 0) is 0 Å². The molecule has 1 aromatic rings. The van der Waals surface area contributed by atoms with E-state index in [1.54, 1.807) is 14.2 Å². The second kappa shape index (κ2) is 6.24. The Morgan fingerprint density at radius 1 is 1.47 bits per heavy atom. The summed E-state index contributed by atoms with van der Waals surface area (Å²) in [5, 5.41) is 12.1. The van der Waals surface area contributed by atoms with Crippen LogP contribution in [0.3, 0.4) is 0 Å². The molecule has 2 N–H and O–H groups in total. The number of methoxy groups -OCH3 is 1. The summed E-state index contributed by atoms with van der Waals surface area (Å²) >= 11 is 0. The van der Waals surface area contributed by atoms with Crippen LogP contribution in [0.1, 0.15) is 13.8 Å². The fraction of sp³-hybridized carbons (Fsp3) is 0.636. The number of rotatable bonds is 6. The van der Waals surface area contributed by atoms with E-state index >= 15 is 0 Å². The maximum atomic E-state index is 9.10. The van der Waals surface area contributed by atoms with Gasteiger partial charge in [-0.15, -0.1) is 0 Å². The van der Waals surface area contributed by atoms with Crippen molar-refractivity contribution in [1.82, 2.24) is 9.97 Å². The highest BCUT2D eigenvalue weighted by atomic mass is 16.5. The Balaban J connectivity index is 3.17. The SMILES string of the molecule is CNc1ncnc(N(CCO)C(C)C)c1OC. The van der Waals surface area contributed by atoms with Gasteiger partial charge in [0.25, 0.3) is 0 Å². The van der Waals surface area contributed by atoms with Crippen molar-refractivity contribution in [2.24, 2.45) is 0 Å². The fourth-order valence-corrected chi connectivity index (χ4v) is 1.65. The average molecular weight is 240 g/mol. The third-order valence-electron chi connectivity index (χ3n) is 2.46. The zero-order chi connectivity index (χ0) is 12.8. The molecule has 6 nitrogen and oxygen atoms in total. The van der Waals surface area contributed by atoms with Gasteiger partial charge in [-0.05, 0) is 13.8 Å². The van der Waals surface area contributed by atoms with Gasteiger partial charge in [0.1, 0.15) is 6.33 Å². The number of aromatic nitrogens is 2. The van der Waals surface area contributed by atoms with Gasteiger partial charge < -0.3 is 20.1 Å². The quantitative estimate of drug-likeness (QED) is 0.764. The van der Waals surface area contributed by atoms with Crippen LogP contribution >= 0.6 is 0 Å². The number of anilines is 2. The van der Waals surface area contributed by atoms with E-state index in [9.17, 15) is 0 Å². The molecule has 0 spiro atoms. The Morgan fingerprint density at radius 3 is 2.65 bits per heavy atom. The zero-order valence-corrected chi connectivity index (χ0v) is 10.8. The van der Waals surface area contributed by atoms with Crippen LogP contribution in [0, 0.1) is 0 Å². The lowest BCUT2D eigenvalue weighted by Gasteiger charge is -2.28. The second-order valence-electron chi connectivity index (χ2n) is 3.84. The molecule has 0 aliphatic carbocycles. The van der Waals surface area contributed by atoms with Gasteiger partial charge in [-0.2, -0.15) is 0 Å². The lowest BCUT2D eigenvalue weighted by atomic mass is 10.3. The molecule has 0 bridgehead atoms. The zero-order valence-electron chi connectivity index (χ0n) is 10.8. The molecule has 96 valence electrons. The maximum Gasteiger partial charge on any atom is 0.204 e. The lowest BCUT2D eigenvalue weighted by molar-refractivity contribution is 0.297. The van der Waals surface area contributed by atoms with Crippen molar-refractivity contribution in [3.63, 3.8) is 0 Å². The summed E-state index contributed by atoms with van der Waals surface area (Å²) in [6.07, 6.45) is 1.48. The average Bonchev–Trinajstić information content (AvgIpc) is 2.34. The van der Waals surface area contributed by atoms with Crippen molar-refractivity contribution in [2.45, 2.75) is 19.9 Å². The molecule has 1 rings (SSSR count). The number of ether oxygens (including phenoxy) is 1. The summed E-state index contributed by atoms with van der Waals surface area (Å²) in [4.78, 5) is 10.3. The number of aliphatic hydroxyl groups is 1. The van der Waals surface area contributed by atoms with E-state index in [0.717, 1.165) is 0 Å². The molecule has 1 aromatic heterocycles. The van der Waals surface area contributed by atoms with Crippen molar-refractivity contribution in [3.05, 3.63) is 6.33 Å². The van der Waals surface area contributed by atoms with Crippen LogP contribution in [0.15, 0.2) is 6.33 Å². The summed E-state index contributed by atoms with van der Waals surface area (Å²) in [6, 6.07) is 0.218. The highest BCUT2D eigenvalue weighted by Gasteiger charge is 2.19. The van der Waals surface area contributed by atoms with E-state index in [1.807, 2.05) is 18.7 Å². The number of nitrogens with zero attached hydrogens (tertiary/aromatic N) is 3. The molecule has 0 amide bonds. The molecule has 17 heavy (non-hydrogen) atoms. The largest absolute Gasteiger partial charge is 0.490 e. The molecule has 0 saturated carbocycles. The molecule has 0 aromatic carbocycles. The summed E-state index contributed by atoms with van der Waals surface area (Å²) < 4.78 is 5.33. The van der Waals surface area contributed by atoms with Gasteiger partial charge in [0.05, 0.1) is 13.7 Å². The van der Waals surface area contributed by atoms with Crippen molar-refractivity contribution >= 4 is 11.6 Å². The van der Waals surface area contributed by atoms with E-state index in [-0.39, 0.29) is 12.6 Å². The normalized spacial score (nSPS) is 10.5.